The van der Waals surface area contributed by atoms with E-state index in [1.54, 1.807) is 0 Å². The average Bonchev–Trinajstić information content (AvgIpc) is 3.32. The molecular weight excluding hydrogens is 266 g/mol. The zero-order chi connectivity index (χ0) is 14.8. The van der Waals surface area contributed by atoms with Crippen LogP contribution in [0.3, 0.4) is 0 Å². The maximum atomic E-state index is 4.60. The SMILES string of the molecule is CCNc1nc(N(C)C)nc(N2CCN(C3CC3)CC2)n1. The van der Waals surface area contributed by atoms with Crippen molar-refractivity contribution in [3.8, 4) is 0 Å². The second kappa shape index (κ2) is 6.01. The minimum Gasteiger partial charge on any atom is -0.354 e. The van der Waals surface area contributed by atoms with Gasteiger partial charge in [0, 0.05) is 52.9 Å². The Morgan fingerprint density at radius 1 is 1.10 bits per heavy atom. The Bertz CT molecular complexity index is 478. The van der Waals surface area contributed by atoms with E-state index in [1.807, 2.05) is 25.9 Å². The summed E-state index contributed by atoms with van der Waals surface area (Å²) in [6.07, 6.45) is 2.75. The Kier molecular flexibility index (Phi) is 4.10. The van der Waals surface area contributed by atoms with Gasteiger partial charge in [0.1, 0.15) is 0 Å². The minimum absolute atomic E-state index is 0.663. The second-order valence-electron chi connectivity index (χ2n) is 5.94. The van der Waals surface area contributed by atoms with Crippen LogP contribution in [0.15, 0.2) is 0 Å². The van der Waals surface area contributed by atoms with Gasteiger partial charge in [0.2, 0.25) is 17.8 Å². The van der Waals surface area contributed by atoms with Gasteiger partial charge in [-0.15, -0.1) is 0 Å². The molecule has 116 valence electrons. The smallest absolute Gasteiger partial charge is 0.232 e. The third kappa shape index (κ3) is 3.34. The number of hydrogen-bond acceptors (Lipinski definition) is 7. The molecule has 2 aliphatic rings. The first-order valence-electron chi connectivity index (χ1n) is 7.83. The van der Waals surface area contributed by atoms with E-state index in [-0.39, 0.29) is 0 Å². The van der Waals surface area contributed by atoms with E-state index >= 15 is 0 Å². The molecule has 0 aromatic carbocycles. The first-order chi connectivity index (χ1) is 10.2. The molecule has 0 spiro atoms. The van der Waals surface area contributed by atoms with E-state index in [1.165, 1.54) is 12.8 Å². The lowest BCUT2D eigenvalue weighted by Crippen LogP contribution is -2.47. The fraction of sp³-hybridized carbons (Fsp3) is 0.786. The molecular formula is C14H25N7. The average molecular weight is 291 g/mol. The van der Waals surface area contributed by atoms with Crippen LogP contribution >= 0.6 is 0 Å². The summed E-state index contributed by atoms with van der Waals surface area (Å²) in [5.74, 6) is 2.16. The van der Waals surface area contributed by atoms with Crippen molar-refractivity contribution in [2.45, 2.75) is 25.8 Å². The molecule has 0 bridgehead atoms. The Labute approximate surface area is 126 Å². The Balaban J connectivity index is 1.74. The second-order valence-corrected chi connectivity index (χ2v) is 5.94. The lowest BCUT2D eigenvalue weighted by molar-refractivity contribution is 0.247. The van der Waals surface area contributed by atoms with Crippen molar-refractivity contribution in [1.29, 1.82) is 0 Å². The van der Waals surface area contributed by atoms with Crippen molar-refractivity contribution in [2.75, 3.05) is 61.9 Å². The number of rotatable bonds is 5. The molecule has 1 N–H and O–H groups in total. The van der Waals surface area contributed by atoms with Crippen molar-refractivity contribution >= 4 is 17.8 Å². The summed E-state index contributed by atoms with van der Waals surface area (Å²) in [6, 6.07) is 0.847. The summed E-state index contributed by atoms with van der Waals surface area (Å²) in [6.45, 7) is 7.09. The van der Waals surface area contributed by atoms with E-state index in [9.17, 15) is 0 Å². The van der Waals surface area contributed by atoms with Gasteiger partial charge in [0.25, 0.3) is 0 Å². The maximum Gasteiger partial charge on any atom is 0.232 e. The van der Waals surface area contributed by atoms with Crippen molar-refractivity contribution in [1.82, 2.24) is 19.9 Å². The Hall–Kier alpha value is -1.63. The third-order valence-electron chi connectivity index (χ3n) is 4.01. The van der Waals surface area contributed by atoms with E-state index in [0.29, 0.717) is 11.9 Å². The van der Waals surface area contributed by atoms with Crippen molar-refractivity contribution in [3.63, 3.8) is 0 Å². The zero-order valence-corrected chi connectivity index (χ0v) is 13.2. The van der Waals surface area contributed by atoms with E-state index in [2.05, 4.69) is 30.1 Å². The summed E-state index contributed by atoms with van der Waals surface area (Å²) in [5.41, 5.74) is 0. The summed E-state index contributed by atoms with van der Waals surface area (Å²) >= 11 is 0. The lowest BCUT2D eigenvalue weighted by Gasteiger charge is -2.35. The van der Waals surface area contributed by atoms with Crippen LogP contribution in [-0.4, -0.2) is 72.7 Å². The molecule has 1 saturated heterocycles. The van der Waals surface area contributed by atoms with Crippen molar-refractivity contribution in [2.24, 2.45) is 0 Å². The molecule has 2 heterocycles. The molecule has 1 aliphatic carbocycles. The van der Waals surface area contributed by atoms with E-state index in [4.69, 9.17) is 0 Å². The monoisotopic (exact) mass is 291 g/mol. The number of nitrogens with zero attached hydrogens (tertiary/aromatic N) is 6. The fourth-order valence-electron chi connectivity index (χ4n) is 2.66. The summed E-state index contributed by atoms with van der Waals surface area (Å²) in [7, 11) is 3.92. The van der Waals surface area contributed by atoms with Crippen LogP contribution in [0, 0.1) is 0 Å². The number of anilines is 3. The first-order valence-corrected chi connectivity index (χ1v) is 7.83. The van der Waals surface area contributed by atoms with Crippen LogP contribution in [0.4, 0.5) is 17.8 Å². The highest BCUT2D eigenvalue weighted by Gasteiger charge is 2.31. The van der Waals surface area contributed by atoms with Gasteiger partial charge >= 0.3 is 0 Å². The molecule has 2 fully saturated rings. The van der Waals surface area contributed by atoms with Crippen LogP contribution in [0.1, 0.15) is 19.8 Å². The molecule has 0 unspecified atom stereocenters. The minimum atomic E-state index is 0.663. The topological polar surface area (TPSA) is 60.4 Å². The van der Waals surface area contributed by atoms with Gasteiger partial charge in [-0.25, -0.2) is 0 Å². The molecule has 3 rings (SSSR count). The normalized spacial score (nSPS) is 19.7. The molecule has 0 amide bonds. The molecule has 0 radical (unpaired) electrons. The van der Waals surface area contributed by atoms with Gasteiger partial charge in [-0.3, -0.25) is 4.90 Å². The van der Waals surface area contributed by atoms with Gasteiger partial charge in [0.05, 0.1) is 0 Å². The van der Waals surface area contributed by atoms with Crippen LogP contribution in [0.2, 0.25) is 0 Å². The van der Waals surface area contributed by atoms with Crippen molar-refractivity contribution < 1.29 is 0 Å². The third-order valence-corrected chi connectivity index (χ3v) is 4.01. The molecule has 0 atom stereocenters. The van der Waals surface area contributed by atoms with Gasteiger partial charge in [-0.05, 0) is 19.8 Å². The highest BCUT2D eigenvalue weighted by Crippen LogP contribution is 2.28. The van der Waals surface area contributed by atoms with Crippen molar-refractivity contribution in [3.05, 3.63) is 0 Å². The number of nitrogens with one attached hydrogen (secondary N) is 1. The highest BCUT2D eigenvalue weighted by atomic mass is 15.4. The summed E-state index contributed by atoms with van der Waals surface area (Å²) in [4.78, 5) is 20.4. The Morgan fingerprint density at radius 2 is 1.81 bits per heavy atom. The number of piperazine rings is 1. The van der Waals surface area contributed by atoms with Crippen LogP contribution in [-0.2, 0) is 0 Å². The Morgan fingerprint density at radius 3 is 2.38 bits per heavy atom. The van der Waals surface area contributed by atoms with Crippen LogP contribution in [0.5, 0.6) is 0 Å². The highest BCUT2D eigenvalue weighted by molar-refractivity contribution is 5.44. The van der Waals surface area contributed by atoms with Crippen LogP contribution in [0.25, 0.3) is 0 Å². The maximum absolute atomic E-state index is 4.60. The molecule has 1 aromatic rings. The first kappa shape index (κ1) is 14.3. The fourth-order valence-corrected chi connectivity index (χ4v) is 2.66. The largest absolute Gasteiger partial charge is 0.354 e. The summed E-state index contributed by atoms with van der Waals surface area (Å²) in [5, 5.41) is 3.19. The molecule has 1 aliphatic heterocycles. The predicted octanol–water partition coefficient (Wildman–Crippen LogP) is 0.654. The van der Waals surface area contributed by atoms with E-state index in [0.717, 1.165) is 44.7 Å². The van der Waals surface area contributed by atoms with Gasteiger partial charge < -0.3 is 15.1 Å². The van der Waals surface area contributed by atoms with Gasteiger partial charge in [0.15, 0.2) is 0 Å². The molecule has 21 heavy (non-hydrogen) atoms. The molecule has 1 saturated carbocycles. The lowest BCUT2D eigenvalue weighted by atomic mass is 10.3. The van der Waals surface area contributed by atoms with E-state index < -0.39 is 0 Å². The molecule has 7 heteroatoms. The quantitative estimate of drug-likeness (QED) is 0.855. The summed E-state index contributed by atoms with van der Waals surface area (Å²) < 4.78 is 0. The molecule has 1 aromatic heterocycles. The zero-order valence-electron chi connectivity index (χ0n) is 13.2. The predicted molar refractivity (Wildman–Crippen MR) is 85.1 cm³/mol. The van der Waals surface area contributed by atoms with Gasteiger partial charge in [-0.2, -0.15) is 15.0 Å². The van der Waals surface area contributed by atoms with Crippen LogP contribution < -0.4 is 15.1 Å². The number of hydrogen-bond donors (Lipinski definition) is 1. The number of aromatic nitrogens is 3. The molecule has 7 nitrogen and oxygen atoms in total. The standard InChI is InChI=1S/C14H25N7/c1-4-15-12-16-13(19(2)3)18-14(17-12)21-9-7-20(8-10-21)11-5-6-11/h11H,4-10H2,1-3H3,(H,15,16,17,18). The van der Waals surface area contributed by atoms with Gasteiger partial charge in [-0.1, -0.05) is 0 Å².